The van der Waals surface area contributed by atoms with Crippen molar-refractivity contribution >= 4 is 23.6 Å². The van der Waals surface area contributed by atoms with Crippen LogP contribution in [0, 0.1) is 5.92 Å². The third-order valence-electron chi connectivity index (χ3n) is 3.40. The number of rotatable bonds is 6. The molecule has 0 aromatic carbocycles. The molecular weight excluding hydrogens is 264 g/mol. The van der Waals surface area contributed by atoms with E-state index in [1.165, 1.54) is 25.3 Å². The summed E-state index contributed by atoms with van der Waals surface area (Å²) in [6.07, 6.45) is 5.22. The quantitative estimate of drug-likeness (QED) is 0.431. The molecule has 0 spiro atoms. The predicted octanol–water partition coefficient (Wildman–Crippen LogP) is 0.916. The van der Waals surface area contributed by atoms with Crippen molar-refractivity contribution in [1.29, 1.82) is 0 Å². The van der Waals surface area contributed by atoms with Gasteiger partial charge in [-0.05, 0) is 12.8 Å². The lowest BCUT2D eigenvalue weighted by Gasteiger charge is -2.20. The molecule has 0 aromatic rings. The molecule has 1 aliphatic rings. The van der Waals surface area contributed by atoms with Crippen LogP contribution < -0.4 is 11.1 Å². The van der Waals surface area contributed by atoms with E-state index in [0.29, 0.717) is 18.1 Å². The van der Waals surface area contributed by atoms with Gasteiger partial charge < -0.3 is 15.8 Å². The molecule has 1 fully saturated rings. The van der Waals surface area contributed by atoms with E-state index >= 15 is 0 Å². The summed E-state index contributed by atoms with van der Waals surface area (Å²) in [5, 5.41) is 2.91. The van der Waals surface area contributed by atoms with Crippen LogP contribution in [0.2, 0.25) is 0 Å². The Hall–Kier alpha value is -0.750. The molecular formula is C13H24N2O3S. The maximum absolute atomic E-state index is 12.0. The molecule has 5 nitrogen and oxygen atoms in total. The van der Waals surface area contributed by atoms with E-state index in [9.17, 15) is 9.59 Å². The summed E-state index contributed by atoms with van der Waals surface area (Å²) in [7, 11) is 1.37. The van der Waals surface area contributed by atoms with Crippen molar-refractivity contribution in [3.05, 3.63) is 0 Å². The van der Waals surface area contributed by atoms with E-state index in [-0.39, 0.29) is 23.8 Å². The fourth-order valence-corrected chi connectivity index (χ4v) is 2.93. The maximum Gasteiger partial charge on any atom is 0.315 e. The molecule has 1 aliphatic carbocycles. The molecule has 0 radical (unpaired) electrons. The van der Waals surface area contributed by atoms with Gasteiger partial charge in [0.1, 0.15) is 0 Å². The lowest BCUT2D eigenvalue weighted by molar-refractivity contribution is -0.137. The number of carbonyl (C=O) groups excluding carboxylic acids is 2. The van der Waals surface area contributed by atoms with Crippen LogP contribution in [0.4, 0.5) is 0 Å². The topological polar surface area (TPSA) is 81.4 Å². The second-order valence-corrected chi connectivity index (χ2v) is 5.93. The van der Waals surface area contributed by atoms with Gasteiger partial charge in [-0.1, -0.05) is 19.3 Å². The number of ether oxygens (including phenoxy) is 1. The van der Waals surface area contributed by atoms with Crippen molar-refractivity contribution in [2.45, 2.75) is 38.1 Å². The summed E-state index contributed by atoms with van der Waals surface area (Å²) in [5.41, 5.74) is 6.04. The van der Waals surface area contributed by atoms with Crippen molar-refractivity contribution in [2.75, 3.05) is 25.2 Å². The van der Waals surface area contributed by atoms with Gasteiger partial charge in [-0.15, -0.1) is 11.8 Å². The van der Waals surface area contributed by atoms with Crippen LogP contribution in [0.5, 0.6) is 0 Å². The van der Waals surface area contributed by atoms with Gasteiger partial charge in [0.25, 0.3) is 0 Å². The molecule has 1 rings (SSSR count). The molecule has 3 N–H and O–H groups in total. The van der Waals surface area contributed by atoms with E-state index in [2.05, 4.69) is 10.1 Å². The van der Waals surface area contributed by atoms with Crippen molar-refractivity contribution in [3.8, 4) is 0 Å². The summed E-state index contributed by atoms with van der Waals surface area (Å²) < 4.78 is 4.54. The Kier molecular flexibility index (Phi) is 7.90. The summed E-state index contributed by atoms with van der Waals surface area (Å²) in [6, 6.07) is -0.00905. The Morgan fingerprint density at radius 1 is 1.32 bits per heavy atom. The van der Waals surface area contributed by atoms with Gasteiger partial charge in [0, 0.05) is 18.3 Å². The van der Waals surface area contributed by atoms with E-state index in [1.54, 1.807) is 0 Å². The number of carbonyl (C=O) groups is 2. The zero-order valence-corrected chi connectivity index (χ0v) is 12.3. The molecule has 6 heteroatoms. The maximum atomic E-state index is 12.0. The van der Waals surface area contributed by atoms with Crippen LogP contribution in [-0.4, -0.2) is 43.1 Å². The highest BCUT2D eigenvalue weighted by atomic mass is 32.2. The minimum Gasteiger partial charge on any atom is -0.468 e. The average molecular weight is 288 g/mol. The van der Waals surface area contributed by atoms with E-state index < -0.39 is 0 Å². The Balaban J connectivity index is 2.17. The molecule has 2 atom stereocenters. The molecule has 0 heterocycles. The third kappa shape index (κ3) is 6.29. The van der Waals surface area contributed by atoms with Gasteiger partial charge >= 0.3 is 5.97 Å². The number of hydrogen-bond acceptors (Lipinski definition) is 5. The van der Waals surface area contributed by atoms with Crippen LogP contribution in [-0.2, 0) is 14.3 Å². The molecule has 0 bridgehead atoms. The van der Waals surface area contributed by atoms with Gasteiger partial charge in [0.2, 0.25) is 5.91 Å². The number of methoxy groups -OCH3 is 1. The molecule has 0 aliphatic heterocycles. The van der Waals surface area contributed by atoms with Gasteiger partial charge in [0.15, 0.2) is 0 Å². The summed E-state index contributed by atoms with van der Waals surface area (Å²) in [4.78, 5) is 22.9. The number of hydrogen-bond donors (Lipinski definition) is 2. The number of amides is 1. The van der Waals surface area contributed by atoms with E-state index in [1.807, 2.05) is 0 Å². The number of esters is 1. The summed E-state index contributed by atoms with van der Waals surface area (Å²) >= 11 is 1.46. The van der Waals surface area contributed by atoms with Crippen LogP contribution in [0.25, 0.3) is 0 Å². The third-order valence-corrected chi connectivity index (χ3v) is 4.33. The second-order valence-electron chi connectivity index (χ2n) is 4.83. The number of nitrogens with one attached hydrogen (secondary N) is 1. The summed E-state index contributed by atoms with van der Waals surface area (Å²) in [6.45, 7) is 0.573. The smallest absolute Gasteiger partial charge is 0.315 e. The predicted molar refractivity (Wildman–Crippen MR) is 76.9 cm³/mol. The molecule has 0 unspecified atom stereocenters. The molecule has 0 saturated heterocycles. The molecule has 19 heavy (non-hydrogen) atoms. The van der Waals surface area contributed by atoms with Gasteiger partial charge in [0.05, 0.1) is 18.8 Å². The minimum absolute atomic E-state index is 0.00905. The second kappa shape index (κ2) is 9.20. The molecule has 1 amide bonds. The average Bonchev–Trinajstić information content (AvgIpc) is 2.62. The first-order chi connectivity index (χ1) is 9.15. The fourth-order valence-electron chi connectivity index (χ4n) is 2.25. The highest BCUT2D eigenvalue weighted by molar-refractivity contribution is 7.99. The van der Waals surface area contributed by atoms with Crippen molar-refractivity contribution in [2.24, 2.45) is 11.7 Å². The highest BCUT2D eigenvalue weighted by Crippen LogP contribution is 2.22. The van der Waals surface area contributed by atoms with Gasteiger partial charge in [-0.3, -0.25) is 9.59 Å². The van der Waals surface area contributed by atoms with Gasteiger partial charge in [-0.25, -0.2) is 0 Å². The van der Waals surface area contributed by atoms with Gasteiger partial charge in [-0.2, -0.15) is 0 Å². The Bertz CT molecular complexity index is 300. The van der Waals surface area contributed by atoms with Crippen LogP contribution >= 0.6 is 11.8 Å². The summed E-state index contributed by atoms with van der Waals surface area (Å²) in [5.74, 6) is 0.821. The standard InChI is InChI=1S/C13H24N2O3S/c1-18-12(16)9-19-8-7-15-13(17)10-5-3-2-4-6-11(10)14/h10-11H,2-9,14H2,1H3,(H,15,17)/t10-,11+/m1/s1. The Labute approximate surface area is 119 Å². The zero-order chi connectivity index (χ0) is 14.1. The van der Waals surface area contributed by atoms with E-state index in [4.69, 9.17) is 5.73 Å². The van der Waals surface area contributed by atoms with Crippen LogP contribution in [0.1, 0.15) is 32.1 Å². The molecule has 110 valence electrons. The Morgan fingerprint density at radius 3 is 2.79 bits per heavy atom. The SMILES string of the molecule is COC(=O)CSCCNC(=O)[C@@H]1CCCCC[C@@H]1N. The minimum atomic E-state index is -0.234. The van der Waals surface area contributed by atoms with Crippen LogP contribution in [0.15, 0.2) is 0 Å². The monoisotopic (exact) mass is 288 g/mol. The normalized spacial score (nSPS) is 23.5. The zero-order valence-electron chi connectivity index (χ0n) is 11.5. The van der Waals surface area contributed by atoms with Crippen LogP contribution in [0.3, 0.4) is 0 Å². The molecule has 1 saturated carbocycles. The van der Waals surface area contributed by atoms with Crippen molar-refractivity contribution in [3.63, 3.8) is 0 Å². The number of thioether (sulfide) groups is 1. The Morgan fingerprint density at radius 2 is 2.05 bits per heavy atom. The first-order valence-corrected chi connectivity index (χ1v) is 7.98. The van der Waals surface area contributed by atoms with E-state index in [0.717, 1.165) is 25.7 Å². The largest absolute Gasteiger partial charge is 0.468 e. The van der Waals surface area contributed by atoms with Crippen molar-refractivity contribution in [1.82, 2.24) is 5.32 Å². The molecule has 0 aromatic heterocycles. The lowest BCUT2D eigenvalue weighted by Crippen LogP contribution is -2.42. The first kappa shape index (κ1) is 16.3. The highest BCUT2D eigenvalue weighted by Gasteiger charge is 2.26. The first-order valence-electron chi connectivity index (χ1n) is 6.83. The number of nitrogens with two attached hydrogens (primary N) is 1. The lowest BCUT2D eigenvalue weighted by atomic mass is 9.95. The van der Waals surface area contributed by atoms with Crippen molar-refractivity contribution < 1.29 is 14.3 Å². The fraction of sp³-hybridized carbons (Fsp3) is 0.846.